The molecule has 1 aromatic carbocycles. The summed E-state index contributed by atoms with van der Waals surface area (Å²) in [7, 11) is 0. The molecule has 0 aromatic heterocycles. The number of carbonyl (C=O) groups excluding carboxylic acids is 3. The van der Waals surface area contributed by atoms with Crippen LogP contribution in [0, 0.1) is 0 Å². The van der Waals surface area contributed by atoms with Crippen molar-refractivity contribution in [3.8, 4) is 0 Å². The van der Waals surface area contributed by atoms with Gasteiger partial charge < -0.3 is 24.8 Å². The highest BCUT2D eigenvalue weighted by atomic mass is 16.6. The molecule has 2 aliphatic heterocycles. The largest absolute Gasteiger partial charge is 0.459 e. The summed E-state index contributed by atoms with van der Waals surface area (Å²) < 4.78 is 10.8. The molecule has 2 saturated heterocycles. The van der Waals surface area contributed by atoms with E-state index >= 15 is 0 Å². The van der Waals surface area contributed by atoms with E-state index in [1.165, 1.54) is 4.90 Å². The first-order valence-corrected chi connectivity index (χ1v) is 10.8. The number of benzene rings is 1. The topological polar surface area (TPSA) is 105 Å². The zero-order valence-electron chi connectivity index (χ0n) is 18.4. The lowest BCUT2D eigenvalue weighted by molar-refractivity contribution is -0.157. The van der Waals surface area contributed by atoms with Crippen molar-refractivity contribution in [1.82, 2.24) is 10.2 Å². The Morgan fingerprint density at radius 3 is 2.52 bits per heavy atom. The molecular weight excluding hydrogens is 400 g/mol. The maximum atomic E-state index is 13.3. The Morgan fingerprint density at radius 2 is 1.84 bits per heavy atom. The molecule has 0 aliphatic carbocycles. The predicted molar refractivity (Wildman–Crippen MR) is 113 cm³/mol. The second-order valence-electron chi connectivity index (χ2n) is 9.25. The number of nitrogens with one attached hydrogen (secondary N) is 1. The molecule has 3 rings (SSSR count). The zero-order chi connectivity index (χ0) is 22.6. The van der Waals surface area contributed by atoms with Gasteiger partial charge in [0.2, 0.25) is 5.91 Å². The molecular formula is C23H32N2O6. The SMILES string of the molecule is CC(C)(C)OC(=O)N[C@H]1CC[C@@H](O)C[C@H]2CC[C@@H](C(=O)OCc3ccccc3)N2C1=O. The minimum atomic E-state index is -0.866. The lowest BCUT2D eigenvalue weighted by atomic mass is 9.96. The Hall–Kier alpha value is -2.61. The number of nitrogens with zero attached hydrogens (tertiary/aromatic N) is 1. The van der Waals surface area contributed by atoms with Crippen molar-refractivity contribution in [2.24, 2.45) is 0 Å². The molecule has 2 aliphatic rings. The minimum Gasteiger partial charge on any atom is -0.459 e. The van der Waals surface area contributed by atoms with Gasteiger partial charge in [0, 0.05) is 6.04 Å². The van der Waals surface area contributed by atoms with Gasteiger partial charge in [0.25, 0.3) is 0 Å². The van der Waals surface area contributed by atoms with Crippen molar-refractivity contribution < 1.29 is 29.0 Å². The number of aliphatic hydroxyl groups excluding tert-OH is 1. The number of carbonyl (C=O) groups is 3. The molecule has 0 unspecified atom stereocenters. The van der Waals surface area contributed by atoms with Crippen LogP contribution in [0.1, 0.15) is 58.4 Å². The van der Waals surface area contributed by atoms with E-state index in [-0.39, 0.29) is 25.0 Å². The van der Waals surface area contributed by atoms with Gasteiger partial charge in [0.15, 0.2) is 0 Å². The first kappa shape index (κ1) is 23.1. The molecule has 4 atom stereocenters. The molecule has 0 spiro atoms. The number of aliphatic hydroxyl groups is 1. The van der Waals surface area contributed by atoms with Gasteiger partial charge >= 0.3 is 12.1 Å². The second-order valence-corrected chi connectivity index (χ2v) is 9.25. The number of amides is 2. The van der Waals surface area contributed by atoms with Crippen molar-refractivity contribution in [1.29, 1.82) is 0 Å². The first-order chi connectivity index (χ1) is 14.6. The number of hydrogen-bond donors (Lipinski definition) is 2. The number of alkyl carbamates (subject to hydrolysis) is 1. The number of rotatable bonds is 4. The average molecular weight is 433 g/mol. The van der Waals surface area contributed by atoms with Crippen LogP contribution >= 0.6 is 0 Å². The van der Waals surface area contributed by atoms with Gasteiger partial charge in [-0.05, 0) is 58.4 Å². The van der Waals surface area contributed by atoms with Crippen molar-refractivity contribution in [2.45, 2.75) is 89.3 Å². The van der Waals surface area contributed by atoms with E-state index in [0.29, 0.717) is 25.7 Å². The Bertz CT molecular complexity index is 791. The summed E-state index contributed by atoms with van der Waals surface area (Å²) in [5, 5.41) is 13.0. The fourth-order valence-corrected chi connectivity index (χ4v) is 4.18. The van der Waals surface area contributed by atoms with Gasteiger partial charge in [-0.1, -0.05) is 30.3 Å². The number of esters is 1. The van der Waals surface area contributed by atoms with Crippen LogP contribution in [0.25, 0.3) is 0 Å². The fraction of sp³-hybridized carbons (Fsp3) is 0.609. The van der Waals surface area contributed by atoms with E-state index in [0.717, 1.165) is 5.56 Å². The van der Waals surface area contributed by atoms with Crippen LogP contribution in [0.15, 0.2) is 30.3 Å². The van der Waals surface area contributed by atoms with E-state index in [1.807, 2.05) is 30.3 Å². The molecule has 1 aromatic rings. The van der Waals surface area contributed by atoms with Crippen LogP contribution < -0.4 is 5.32 Å². The highest BCUT2D eigenvalue weighted by molar-refractivity contribution is 5.90. The molecule has 31 heavy (non-hydrogen) atoms. The molecule has 170 valence electrons. The Morgan fingerprint density at radius 1 is 1.13 bits per heavy atom. The van der Waals surface area contributed by atoms with Crippen molar-refractivity contribution in [2.75, 3.05) is 0 Å². The molecule has 2 heterocycles. The quantitative estimate of drug-likeness (QED) is 0.709. The van der Waals surface area contributed by atoms with Gasteiger partial charge in [-0.2, -0.15) is 0 Å². The van der Waals surface area contributed by atoms with E-state index < -0.39 is 35.9 Å². The molecule has 8 heteroatoms. The van der Waals surface area contributed by atoms with Crippen molar-refractivity contribution >= 4 is 18.0 Å². The number of ether oxygens (including phenoxy) is 2. The monoisotopic (exact) mass is 432 g/mol. The zero-order valence-corrected chi connectivity index (χ0v) is 18.4. The van der Waals surface area contributed by atoms with Gasteiger partial charge in [-0.3, -0.25) is 4.79 Å². The summed E-state index contributed by atoms with van der Waals surface area (Å²) in [5.41, 5.74) is 0.165. The average Bonchev–Trinajstić information content (AvgIpc) is 3.10. The molecule has 2 amide bonds. The Kier molecular flexibility index (Phi) is 7.20. The van der Waals surface area contributed by atoms with Crippen molar-refractivity contribution in [3.05, 3.63) is 35.9 Å². The Balaban J connectivity index is 1.71. The third kappa shape index (κ3) is 6.19. The van der Waals surface area contributed by atoms with Crippen LogP contribution in [-0.2, 0) is 25.7 Å². The van der Waals surface area contributed by atoms with Crippen LogP contribution in [-0.4, -0.2) is 57.8 Å². The Labute approximate surface area is 182 Å². The number of hydrogen-bond acceptors (Lipinski definition) is 6. The highest BCUT2D eigenvalue weighted by Crippen LogP contribution is 2.32. The van der Waals surface area contributed by atoms with Gasteiger partial charge in [-0.15, -0.1) is 0 Å². The van der Waals surface area contributed by atoms with E-state index in [9.17, 15) is 19.5 Å². The van der Waals surface area contributed by atoms with E-state index in [2.05, 4.69) is 5.32 Å². The summed E-state index contributed by atoms with van der Waals surface area (Å²) in [6.07, 6.45) is 0.840. The number of fused-ring (bicyclic) bond motifs is 1. The maximum Gasteiger partial charge on any atom is 0.408 e. The fourth-order valence-electron chi connectivity index (χ4n) is 4.18. The lowest BCUT2D eigenvalue weighted by Gasteiger charge is -2.36. The summed E-state index contributed by atoms with van der Waals surface area (Å²) >= 11 is 0. The predicted octanol–water partition coefficient (Wildman–Crippen LogP) is 2.53. The molecule has 0 radical (unpaired) electrons. The molecule has 8 nitrogen and oxygen atoms in total. The third-order valence-electron chi connectivity index (χ3n) is 5.57. The van der Waals surface area contributed by atoms with E-state index in [1.54, 1.807) is 20.8 Å². The smallest absolute Gasteiger partial charge is 0.408 e. The summed E-state index contributed by atoms with van der Waals surface area (Å²) in [6.45, 7) is 5.35. The molecule has 0 bridgehead atoms. The summed E-state index contributed by atoms with van der Waals surface area (Å²) in [5.74, 6) is -0.798. The summed E-state index contributed by atoms with van der Waals surface area (Å²) in [4.78, 5) is 39.9. The molecule has 0 saturated carbocycles. The normalized spacial score (nSPS) is 26.5. The molecule has 2 fully saturated rings. The third-order valence-corrected chi connectivity index (χ3v) is 5.57. The minimum absolute atomic E-state index is 0.130. The summed E-state index contributed by atoms with van der Waals surface area (Å²) in [6, 6.07) is 7.49. The lowest BCUT2D eigenvalue weighted by Crippen LogP contribution is -2.56. The van der Waals surface area contributed by atoms with Crippen LogP contribution in [0.4, 0.5) is 4.79 Å². The van der Waals surface area contributed by atoms with Gasteiger partial charge in [0.05, 0.1) is 6.10 Å². The highest BCUT2D eigenvalue weighted by Gasteiger charge is 2.46. The van der Waals surface area contributed by atoms with Crippen LogP contribution in [0.3, 0.4) is 0 Å². The second kappa shape index (κ2) is 9.68. The van der Waals surface area contributed by atoms with Gasteiger partial charge in [0.1, 0.15) is 24.3 Å². The molecule has 2 N–H and O–H groups in total. The van der Waals surface area contributed by atoms with E-state index in [4.69, 9.17) is 9.47 Å². The maximum absolute atomic E-state index is 13.3. The van der Waals surface area contributed by atoms with Crippen LogP contribution in [0.5, 0.6) is 0 Å². The first-order valence-electron chi connectivity index (χ1n) is 10.8. The van der Waals surface area contributed by atoms with Crippen molar-refractivity contribution in [3.63, 3.8) is 0 Å². The van der Waals surface area contributed by atoms with Gasteiger partial charge in [-0.25, -0.2) is 9.59 Å². The standard InChI is InChI=1S/C23H32N2O6/c1-23(2,3)31-22(29)24-18-11-10-17(26)13-16-9-12-19(25(16)20(18)27)21(28)30-14-15-7-5-4-6-8-15/h4-8,16-19,26H,9-14H2,1-3H3,(H,24,29)/t16-,17-,18+,19+/m1/s1. The van der Waals surface area contributed by atoms with Crippen LogP contribution in [0.2, 0.25) is 0 Å².